The molecule has 0 saturated carbocycles. The molecule has 0 heterocycles. The highest BCUT2D eigenvalue weighted by Crippen LogP contribution is 2.19. The molecule has 0 aliphatic rings. The van der Waals surface area contributed by atoms with Crippen LogP contribution in [0.25, 0.3) is 0 Å². The van der Waals surface area contributed by atoms with Crippen molar-refractivity contribution in [3.8, 4) is 0 Å². The van der Waals surface area contributed by atoms with Gasteiger partial charge in [0.1, 0.15) is 0 Å². The average Bonchev–Trinajstić information content (AvgIpc) is 2.26. The maximum Gasteiger partial charge on any atom is 0.0701 e. The minimum Gasteiger partial charge on any atom is -0.393 e. The zero-order valence-corrected chi connectivity index (χ0v) is 11.6. The van der Waals surface area contributed by atoms with Crippen LogP contribution in [0.5, 0.6) is 0 Å². The lowest BCUT2D eigenvalue weighted by molar-refractivity contribution is 0.0117. The summed E-state index contributed by atoms with van der Waals surface area (Å²) in [4.78, 5) is 0. The molecule has 4 nitrogen and oxygen atoms in total. The fraction of sp³-hybridized carbons (Fsp3) is 1.00. The second-order valence-electron chi connectivity index (χ2n) is 4.65. The topological polar surface area (TPSA) is 47.9 Å². The molecule has 17 heavy (non-hydrogen) atoms. The highest BCUT2D eigenvalue weighted by molar-refractivity contribution is 4.68. The second kappa shape index (κ2) is 11.0. The molecule has 0 fully saturated rings. The van der Waals surface area contributed by atoms with E-state index >= 15 is 0 Å². The highest BCUT2D eigenvalue weighted by Gasteiger charge is 2.18. The molecule has 0 radical (unpaired) electrons. The van der Waals surface area contributed by atoms with E-state index in [1.165, 1.54) is 0 Å². The summed E-state index contributed by atoms with van der Waals surface area (Å²) in [5, 5.41) is 9.59. The fourth-order valence-electron chi connectivity index (χ4n) is 1.82. The number of aliphatic hydroxyl groups excluding tert-OH is 1. The van der Waals surface area contributed by atoms with Crippen molar-refractivity contribution in [1.29, 1.82) is 0 Å². The minimum atomic E-state index is -0.267. The summed E-state index contributed by atoms with van der Waals surface area (Å²) in [5.41, 5.74) is 0. The lowest BCUT2D eigenvalue weighted by Gasteiger charge is -2.23. The molecule has 4 heteroatoms. The Morgan fingerprint density at radius 1 is 0.882 bits per heavy atom. The van der Waals surface area contributed by atoms with E-state index in [1.54, 1.807) is 7.11 Å². The first-order valence-corrected chi connectivity index (χ1v) is 6.42. The van der Waals surface area contributed by atoms with Gasteiger partial charge in [0.2, 0.25) is 0 Å². The Labute approximate surface area is 105 Å². The normalized spacial score (nSPS) is 15.2. The summed E-state index contributed by atoms with van der Waals surface area (Å²) >= 11 is 0. The van der Waals surface area contributed by atoms with Crippen LogP contribution in [0.3, 0.4) is 0 Å². The summed E-state index contributed by atoms with van der Waals surface area (Å²) in [6.07, 6.45) is 0.629. The average molecular weight is 248 g/mol. The first-order valence-electron chi connectivity index (χ1n) is 6.42. The van der Waals surface area contributed by atoms with Crippen molar-refractivity contribution in [3.05, 3.63) is 0 Å². The Kier molecular flexibility index (Phi) is 10.9. The first-order chi connectivity index (χ1) is 8.09. The third kappa shape index (κ3) is 9.53. The Bertz CT molecular complexity index is 151. The van der Waals surface area contributed by atoms with Crippen LogP contribution in [-0.2, 0) is 14.2 Å². The van der Waals surface area contributed by atoms with E-state index in [9.17, 15) is 5.11 Å². The van der Waals surface area contributed by atoms with Gasteiger partial charge in [-0.25, -0.2) is 0 Å². The maximum atomic E-state index is 9.59. The number of hydrogen-bond acceptors (Lipinski definition) is 4. The zero-order chi connectivity index (χ0) is 13.1. The van der Waals surface area contributed by atoms with E-state index in [1.807, 2.05) is 6.92 Å². The molecule has 1 N–H and O–H groups in total. The molecule has 0 aliphatic heterocycles. The molecular formula is C13H28O4. The van der Waals surface area contributed by atoms with E-state index in [0.717, 1.165) is 6.42 Å². The van der Waals surface area contributed by atoms with E-state index < -0.39 is 0 Å². The van der Waals surface area contributed by atoms with Crippen LogP contribution < -0.4 is 0 Å². The quantitative estimate of drug-likeness (QED) is 0.565. The molecule has 0 rings (SSSR count). The van der Waals surface area contributed by atoms with Gasteiger partial charge < -0.3 is 19.3 Å². The van der Waals surface area contributed by atoms with Crippen LogP contribution in [0.1, 0.15) is 27.2 Å². The third-order valence-electron chi connectivity index (χ3n) is 2.88. The number of ether oxygens (including phenoxy) is 3. The van der Waals surface area contributed by atoms with Gasteiger partial charge in [-0.3, -0.25) is 0 Å². The molecule has 0 bridgehead atoms. The maximum absolute atomic E-state index is 9.59. The Balaban J connectivity index is 3.37. The minimum absolute atomic E-state index is 0.267. The zero-order valence-electron chi connectivity index (χ0n) is 11.6. The second-order valence-corrected chi connectivity index (χ2v) is 4.65. The highest BCUT2D eigenvalue weighted by atomic mass is 16.5. The van der Waals surface area contributed by atoms with Crippen LogP contribution >= 0.6 is 0 Å². The van der Waals surface area contributed by atoms with E-state index in [2.05, 4.69) is 13.8 Å². The summed E-state index contributed by atoms with van der Waals surface area (Å²) in [6, 6.07) is 0. The number of hydrogen-bond donors (Lipinski definition) is 1. The summed E-state index contributed by atoms with van der Waals surface area (Å²) in [6.45, 7) is 9.23. The SMILES string of the molecule is COCCOCCOCCC(C(C)C)C(C)O. The van der Waals surface area contributed by atoms with Gasteiger partial charge >= 0.3 is 0 Å². The van der Waals surface area contributed by atoms with Crippen LogP contribution in [0.15, 0.2) is 0 Å². The van der Waals surface area contributed by atoms with Crippen molar-refractivity contribution in [1.82, 2.24) is 0 Å². The van der Waals surface area contributed by atoms with Crippen LogP contribution in [-0.4, -0.2) is 51.4 Å². The Morgan fingerprint density at radius 3 is 1.88 bits per heavy atom. The number of rotatable bonds is 11. The summed E-state index contributed by atoms with van der Waals surface area (Å²) in [7, 11) is 1.65. The smallest absolute Gasteiger partial charge is 0.0701 e. The van der Waals surface area contributed by atoms with Crippen molar-refractivity contribution in [2.45, 2.75) is 33.3 Å². The van der Waals surface area contributed by atoms with Crippen LogP contribution in [0.2, 0.25) is 0 Å². The van der Waals surface area contributed by atoms with Crippen molar-refractivity contribution < 1.29 is 19.3 Å². The van der Waals surface area contributed by atoms with Crippen molar-refractivity contribution in [2.75, 3.05) is 40.1 Å². The van der Waals surface area contributed by atoms with E-state index in [0.29, 0.717) is 44.9 Å². The molecular weight excluding hydrogens is 220 g/mol. The monoisotopic (exact) mass is 248 g/mol. The van der Waals surface area contributed by atoms with Crippen molar-refractivity contribution >= 4 is 0 Å². The molecule has 0 aromatic heterocycles. The van der Waals surface area contributed by atoms with Gasteiger partial charge in [-0.2, -0.15) is 0 Å². The molecule has 0 amide bonds. The van der Waals surface area contributed by atoms with Crippen molar-refractivity contribution in [2.24, 2.45) is 11.8 Å². The molecule has 104 valence electrons. The lowest BCUT2D eigenvalue weighted by atomic mass is 9.88. The van der Waals surface area contributed by atoms with Crippen LogP contribution in [0.4, 0.5) is 0 Å². The van der Waals surface area contributed by atoms with Gasteiger partial charge in [-0.1, -0.05) is 13.8 Å². The first kappa shape index (κ1) is 16.8. The van der Waals surface area contributed by atoms with Gasteiger partial charge in [-0.05, 0) is 25.2 Å². The largest absolute Gasteiger partial charge is 0.393 e. The number of methoxy groups -OCH3 is 1. The van der Waals surface area contributed by atoms with Gasteiger partial charge in [0.05, 0.1) is 32.5 Å². The van der Waals surface area contributed by atoms with E-state index in [-0.39, 0.29) is 6.10 Å². The lowest BCUT2D eigenvalue weighted by Crippen LogP contribution is -2.24. The molecule has 0 aromatic carbocycles. The van der Waals surface area contributed by atoms with E-state index in [4.69, 9.17) is 14.2 Å². The predicted octanol–water partition coefficient (Wildman–Crippen LogP) is 1.71. The number of aliphatic hydroxyl groups is 1. The molecule has 2 atom stereocenters. The van der Waals surface area contributed by atoms with Gasteiger partial charge in [0, 0.05) is 13.7 Å². The van der Waals surface area contributed by atoms with Crippen LogP contribution in [0, 0.1) is 11.8 Å². The van der Waals surface area contributed by atoms with Crippen molar-refractivity contribution in [3.63, 3.8) is 0 Å². The van der Waals surface area contributed by atoms with Gasteiger partial charge in [-0.15, -0.1) is 0 Å². The Hall–Kier alpha value is -0.160. The van der Waals surface area contributed by atoms with Gasteiger partial charge in [0.25, 0.3) is 0 Å². The molecule has 0 aliphatic carbocycles. The molecule has 0 aromatic rings. The fourth-order valence-corrected chi connectivity index (χ4v) is 1.82. The Morgan fingerprint density at radius 2 is 1.41 bits per heavy atom. The third-order valence-corrected chi connectivity index (χ3v) is 2.88. The predicted molar refractivity (Wildman–Crippen MR) is 68.1 cm³/mol. The summed E-state index contributed by atoms with van der Waals surface area (Å²) in [5.74, 6) is 0.793. The molecule has 0 saturated heterocycles. The van der Waals surface area contributed by atoms with Gasteiger partial charge in [0.15, 0.2) is 0 Å². The standard InChI is InChI=1S/C13H28O4/c1-11(2)13(12(3)14)5-6-16-9-10-17-8-7-15-4/h11-14H,5-10H2,1-4H3. The molecule has 2 unspecified atom stereocenters. The molecule has 0 spiro atoms. The summed E-state index contributed by atoms with van der Waals surface area (Å²) < 4.78 is 15.6.